The molecule has 0 radical (unpaired) electrons. The normalized spacial score (nSPS) is 22.7. The van der Waals surface area contributed by atoms with E-state index in [4.69, 9.17) is 4.74 Å². The van der Waals surface area contributed by atoms with Gasteiger partial charge in [0, 0.05) is 18.5 Å². The maximum absolute atomic E-state index is 14.0. The van der Waals surface area contributed by atoms with Gasteiger partial charge in [0.1, 0.15) is 0 Å². The van der Waals surface area contributed by atoms with Crippen LogP contribution in [-0.4, -0.2) is 36.9 Å². The summed E-state index contributed by atoms with van der Waals surface area (Å²) in [5.41, 5.74) is 0.645. The summed E-state index contributed by atoms with van der Waals surface area (Å²) in [6, 6.07) is 4.93. The van der Waals surface area contributed by atoms with Gasteiger partial charge < -0.3 is 20.5 Å². The van der Waals surface area contributed by atoms with Crippen LogP contribution in [0, 0.1) is 11.2 Å². The van der Waals surface area contributed by atoms with E-state index < -0.39 is 0 Å². The van der Waals surface area contributed by atoms with Gasteiger partial charge in [-0.3, -0.25) is 0 Å². The van der Waals surface area contributed by atoms with E-state index in [1.165, 1.54) is 6.07 Å². The van der Waals surface area contributed by atoms with Gasteiger partial charge in [-0.25, -0.2) is 9.38 Å². The molecule has 1 saturated carbocycles. The SMILES string of the molecule is CCNC(=NCc1ccc(OCC)c(F)c1)NCC1(C)CCCCC1O.I. The molecule has 2 atom stereocenters. The summed E-state index contributed by atoms with van der Waals surface area (Å²) in [4.78, 5) is 4.55. The lowest BCUT2D eigenvalue weighted by atomic mass is 9.73. The Kier molecular flexibility index (Phi) is 10.4. The van der Waals surface area contributed by atoms with Crippen molar-refractivity contribution >= 4 is 29.9 Å². The number of hydrogen-bond acceptors (Lipinski definition) is 3. The molecular weight excluding hydrogens is 460 g/mol. The average molecular weight is 493 g/mol. The highest BCUT2D eigenvalue weighted by atomic mass is 127. The van der Waals surface area contributed by atoms with Gasteiger partial charge in [0.2, 0.25) is 0 Å². The molecule has 1 aromatic rings. The van der Waals surface area contributed by atoms with Gasteiger partial charge in [-0.1, -0.05) is 25.8 Å². The molecule has 0 heterocycles. The number of hydrogen-bond donors (Lipinski definition) is 3. The van der Waals surface area contributed by atoms with Crippen molar-refractivity contribution in [2.24, 2.45) is 10.4 Å². The van der Waals surface area contributed by atoms with Gasteiger partial charge >= 0.3 is 0 Å². The number of rotatable bonds is 7. The van der Waals surface area contributed by atoms with Gasteiger partial charge in [-0.15, -0.1) is 24.0 Å². The zero-order valence-corrected chi connectivity index (χ0v) is 18.9. The highest BCUT2D eigenvalue weighted by Crippen LogP contribution is 2.35. The molecular formula is C20H33FIN3O2. The minimum atomic E-state index is -0.365. The minimum absolute atomic E-state index is 0. The zero-order chi connectivity index (χ0) is 19.0. The van der Waals surface area contributed by atoms with Crippen LogP contribution >= 0.6 is 24.0 Å². The van der Waals surface area contributed by atoms with Gasteiger partial charge in [-0.05, 0) is 44.4 Å². The number of aliphatic hydroxyl groups is 1. The highest BCUT2D eigenvalue weighted by molar-refractivity contribution is 14.0. The molecule has 2 rings (SSSR count). The van der Waals surface area contributed by atoms with E-state index in [1.54, 1.807) is 6.07 Å². The first-order chi connectivity index (χ1) is 12.5. The summed E-state index contributed by atoms with van der Waals surface area (Å²) in [6.07, 6.45) is 3.82. The number of aliphatic imine (C=N–C) groups is 1. The zero-order valence-electron chi connectivity index (χ0n) is 16.6. The average Bonchev–Trinajstić information content (AvgIpc) is 2.62. The molecule has 27 heavy (non-hydrogen) atoms. The predicted octanol–water partition coefficient (Wildman–Crippen LogP) is 3.84. The summed E-state index contributed by atoms with van der Waals surface area (Å²) in [6.45, 7) is 8.17. The monoisotopic (exact) mass is 493 g/mol. The smallest absolute Gasteiger partial charge is 0.191 e. The van der Waals surface area contributed by atoms with Crippen molar-refractivity contribution in [1.29, 1.82) is 0 Å². The van der Waals surface area contributed by atoms with Gasteiger partial charge in [-0.2, -0.15) is 0 Å². The number of halogens is 2. The third-order valence-corrected chi connectivity index (χ3v) is 5.00. The Bertz CT molecular complexity index is 615. The summed E-state index contributed by atoms with van der Waals surface area (Å²) < 4.78 is 19.2. The molecule has 7 heteroatoms. The second-order valence-electron chi connectivity index (χ2n) is 7.16. The Morgan fingerprint density at radius 3 is 2.74 bits per heavy atom. The van der Waals surface area contributed by atoms with Crippen molar-refractivity contribution < 1.29 is 14.2 Å². The molecule has 0 bridgehead atoms. The second-order valence-corrected chi connectivity index (χ2v) is 7.16. The Labute approximate surface area is 179 Å². The molecule has 1 aliphatic rings. The molecule has 1 aliphatic carbocycles. The van der Waals surface area contributed by atoms with Crippen LogP contribution in [-0.2, 0) is 6.54 Å². The molecule has 3 N–H and O–H groups in total. The van der Waals surface area contributed by atoms with Crippen LogP contribution in [0.25, 0.3) is 0 Å². The summed E-state index contributed by atoms with van der Waals surface area (Å²) in [5, 5.41) is 16.9. The number of nitrogens with zero attached hydrogens (tertiary/aromatic N) is 1. The van der Waals surface area contributed by atoms with Crippen molar-refractivity contribution in [1.82, 2.24) is 10.6 Å². The lowest BCUT2D eigenvalue weighted by molar-refractivity contribution is 0.00397. The quantitative estimate of drug-likeness (QED) is 0.307. The lowest BCUT2D eigenvalue weighted by Crippen LogP contribution is -2.48. The van der Waals surface area contributed by atoms with Crippen molar-refractivity contribution in [3.05, 3.63) is 29.6 Å². The molecule has 1 aromatic carbocycles. The Balaban J connectivity index is 0.00000364. The number of guanidine groups is 1. The van der Waals surface area contributed by atoms with Crippen molar-refractivity contribution in [3.8, 4) is 5.75 Å². The lowest BCUT2D eigenvalue weighted by Gasteiger charge is -2.38. The van der Waals surface area contributed by atoms with E-state index in [-0.39, 0.29) is 47.1 Å². The van der Waals surface area contributed by atoms with Gasteiger partial charge in [0.15, 0.2) is 17.5 Å². The first-order valence-electron chi connectivity index (χ1n) is 9.60. The second kappa shape index (κ2) is 11.7. The summed E-state index contributed by atoms with van der Waals surface area (Å²) in [5.74, 6) is 0.584. The number of nitrogens with one attached hydrogen (secondary N) is 2. The van der Waals surface area contributed by atoms with Crippen LogP contribution in [0.15, 0.2) is 23.2 Å². The largest absolute Gasteiger partial charge is 0.491 e. The van der Waals surface area contributed by atoms with E-state index in [9.17, 15) is 9.50 Å². The summed E-state index contributed by atoms with van der Waals surface area (Å²) in [7, 11) is 0. The van der Waals surface area contributed by atoms with Crippen LogP contribution in [0.2, 0.25) is 0 Å². The van der Waals surface area contributed by atoms with E-state index in [2.05, 4.69) is 22.5 Å². The number of aliphatic hydroxyl groups excluding tert-OH is 1. The first-order valence-corrected chi connectivity index (χ1v) is 9.60. The van der Waals surface area contributed by atoms with Crippen LogP contribution in [0.1, 0.15) is 52.0 Å². The Morgan fingerprint density at radius 2 is 2.11 bits per heavy atom. The molecule has 5 nitrogen and oxygen atoms in total. The molecule has 154 valence electrons. The van der Waals surface area contributed by atoms with E-state index in [0.717, 1.165) is 37.8 Å². The van der Waals surface area contributed by atoms with E-state index >= 15 is 0 Å². The standard InChI is InChI=1S/C20H32FN3O2.HI/c1-4-22-19(24-14-20(3)11-7-6-8-18(20)25)23-13-15-9-10-17(26-5-2)16(21)12-15;/h9-10,12,18,25H,4-8,11,13-14H2,1-3H3,(H2,22,23,24);1H. The van der Waals surface area contributed by atoms with Crippen molar-refractivity contribution in [2.75, 3.05) is 19.7 Å². The van der Waals surface area contributed by atoms with E-state index in [0.29, 0.717) is 25.7 Å². The van der Waals surface area contributed by atoms with Gasteiger partial charge in [0.05, 0.1) is 19.3 Å². The maximum Gasteiger partial charge on any atom is 0.191 e. The first kappa shape index (κ1) is 23.9. The van der Waals surface area contributed by atoms with Crippen molar-refractivity contribution in [2.45, 2.75) is 59.1 Å². The number of benzene rings is 1. The summed E-state index contributed by atoms with van der Waals surface area (Å²) >= 11 is 0. The Morgan fingerprint density at radius 1 is 1.33 bits per heavy atom. The number of ether oxygens (including phenoxy) is 1. The molecule has 0 aromatic heterocycles. The van der Waals surface area contributed by atoms with Crippen molar-refractivity contribution in [3.63, 3.8) is 0 Å². The fraction of sp³-hybridized carbons (Fsp3) is 0.650. The van der Waals surface area contributed by atoms with Crippen LogP contribution in [0.3, 0.4) is 0 Å². The molecule has 0 spiro atoms. The Hall–Kier alpha value is -1.09. The van der Waals surface area contributed by atoms with E-state index in [1.807, 2.05) is 19.9 Å². The van der Waals surface area contributed by atoms with Crippen LogP contribution < -0.4 is 15.4 Å². The fourth-order valence-electron chi connectivity index (χ4n) is 3.30. The highest BCUT2D eigenvalue weighted by Gasteiger charge is 2.35. The molecule has 2 unspecified atom stereocenters. The predicted molar refractivity (Wildman–Crippen MR) is 118 cm³/mol. The third kappa shape index (κ3) is 7.10. The molecule has 0 aliphatic heterocycles. The molecule has 0 amide bonds. The van der Waals surface area contributed by atoms with Crippen LogP contribution in [0.4, 0.5) is 4.39 Å². The molecule has 0 saturated heterocycles. The molecule has 1 fully saturated rings. The minimum Gasteiger partial charge on any atom is -0.491 e. The maximum atomic E-state index is 14.0. The topological polar surface area (TPSA) is 65.9 Å². The van der Waals surface area contributed by atoms with Gasteiger partial charge in [0.25, 0.3) is 0 Å². The fourth-order valence-corrected chi connectivity index (χ4v) is 3.30. The third-order valence-electron chi connectivity index (χ3n) is 5.00. The van der Waals surface area contributed by atoms with Crippen LogP contribution in [0.5, 0.6) is 5.75 Å².